The summed E-state index contributed by atoms with van der Waals surface area (Å²) in [4.78, 5) is 15.9. The molecule has 0 radical (unpaired) electrons. The zero-order chi connectivity index (χ0) is 14.1. The second-order valence-corrected chi connectivity index (χ2v) is 5.80. The number of rotatable bonds is 8. The summed E-state index contributed by atoms with van der Waals surface area (Å²) in [7, 11) is -0.803. The van der Waals surface area contributed by atoms with Gasteiger partial charge in [0.15, 0.2) is 0 Å². The van der Waals surface area contributed by atoms with Gasteiger partial charge in [-0.2, -0.15) is 0 Å². The molecule has 6 heteroatoms. The number of carbonyl (C=O) groups excluding carboxylic acids is 1. The predicted octanol–water partition coefficient (Wildman–Crippen LogP) is 1.40. The molecule has 1 aromatic rings. The Morgan fingerprint density at radius 2 is 2.16 bits per heavy atom. The van der Waals surface area contributed by atoms with Gasteiger partial charge >= 0.3 is 0 Å². The molecular weight excluding hydrogens is 262 g/mol. The van der Waals surface area contributed by atoms with Crippen molar-refractivity contribution in [1.82, 2.24) is 10.3 Å². The molecule has 0 fully saturated rings. The van der Waals surface area contributed by atoms with Gasteiger partial charge in [0.1, 0.15) is 5.82 Å². The van der Waals surface area contributed by atoms with E-state index >= 15 is 0 Å². The highest BCUT2D eigenvalue weighted by Crippen LogP contribution is 2.05. The summed E-state index contributed by atoms with van der Waals surface area (Å²) in [6, 6.07) is 3.55. The Morgan fingerprint density at radius 3 is 2.74 bits per heavy atom. The Balaban J connectivity index is 2.37. The molecule has 2 N–H and O–H groups in total. The molecule has 106 valence electrons. The van der Waals surface area contributed by atoms with Gasteiger partial charge in [0, 0.05) is 42.1 Å². The number of carbonyl (C=O) groups is 1. The molecule has 1 unspecified atom stereocenters. The van der Waals surface area contributed by atoms with Crippen LogP contribution in [0.1, 0.15) is 30.1 Å². The Hall–Kier alpha value is -1.43. The van der Waals surface area contributed by atoms with Crippen molar-refractivity contribution >= 4 is 22.5 Å². The highest BCUT2D eigenvalue weighted by atomic mass is 32.2. The zero-order valence-corrected chi connectivity index (χ0v) is 12.3. The topological polar surface area (TPSA) is 71.1 Å². The van der Waals surface area contributed by atoms with Crippen molar-refractivity contribution < 1.29 is 9.00 Å². The van der Waals surface area contributed by atoms with Crippen LogP contribution in [0.25, 0.3) is 0 Å². The van der Waals surface area contributed by atoms with Crippen LogP contribution >= 0.6 is 0 Å². The first-order chi connectivity index (χ1) is 9.13. The first-order valence-electron chi connectivity index (χ1n) is 6.41. The van der Waals surface area contributed by atoms with Gasteiger partial charge in [-0.3, -0.25) is 9.00 Å². The average molecular weight is 283 g/mol. The zero-order valence-electron chi connectivity index (χ0n) is 11.4. The molecule has 0 spiro atoms. The quantitative estimate of drug-likeness (QED) is 0.708. The van der Waals surface area contributed by atoms with Gasteiger partial charge in [0.2, 0.25) is 0 Å². The monoisotopic (exact) mass is 283 g/mol. The molecule has 1 atom stereocenters. The summed E-state index contributed by atoms with van der Waals surface area (Å²) < 4.78 is 10.9. The van der Waals surface area contributed by atoms with Gasteiger partial charge in [0.25, 0.3) is 5.91 Å². The normalized spacial score (nSPS) is 11.9. The largest absolute Gasteiger partial charge is 0.370 e. The Labute approximate surface area is 116 Å². The minimum absolute atomic E-state index is 0.142. The average Bonchev–Trinajstić information content (AvgIpc) is 2.41. The van der Waals surface area contributed by atoms with E-state index in [1.807, 2.05) is 0 Å². The number of hydrogen-bond acceptors (Lipinski definition) is 4. The molecule has 1 aromatic heterocycles. The maximum absolute atomic E-state index is 11.8. The molecule has 0 aliphatic heterocycles. The van der Waals surface area contributed by atoms with Crippen molar-refractivity contribution in [3.8, 4) is 0 Å². The summed E-state index contributed by atoms with van der Waals surface area (Å²) in [5.41, 5.74) is 0.541. The molecule has 0 aliphatic carbocycles. The fourth-order valence-electron chi connectivity index (χ4n) is 1.47. The summed E-state index contributed by atoms with van der Waals surface area (Å²) in [5, 5.41) is 5.93. The van der Waals surface area contributed by atoms with Crippen LogP contribution in [0.2, 0.25) is 0 Å². The Morgan fingerprint density at radius 1 is 1.37 bits per heavy atom. The van der Waals surface area contributed by atoms with E-state index in [4.69, 9.17) is 0 Å². The maximum Gasteiger partial charge on any atom is 0.252 e. The van der Waals surface area contributed by atoms with E-state index in [1.54, 1.807) is 24.6 Å². The lowest BCUT2D eigenvalue weighted by Crippen LogP contribution is -2.25. The second kappa shape index (κ2) is 8.63. The van der Waals surface area contributed by atoms with Crippen molar-refractivity contribution in [2.24, 2.45) is 0 Å². The fraction of sp³-hybridized carbons (Fsp3) is 0.538. The van der Waals surface area contributed by atoms with E-state index < -0.39 is 10.8 Å². The first kappa shape index (κ1) is 15.6. The molecule has 19 heavy (non-hydrogen) atoms. The third kappa shape index (κ3) is 6.33. The molecule has 0 saturated heterocycles. The van der Waals surface area contributed by atoms with Crippen molar-refractivity contribution in [3.63, 3.8) is 0 Å². The van der Waals surface area contributed by atoms with E-state index in [0.717, 1.165) is 25.2 Å². The van der Waals surface area contributed by atoms with Crippen molar-refractivity contribution in [1.29, 1.82) is 0 Å². The van der Waals surface area contributed by atoms with Crippen LogP contribution in [-0.2, 0) is 10.8 Å². The number of anilines is 1. The van der Waals surface area contributed by atoms with Crippen LogP contribution in [0.15, 0.2) is 18.3 Å². The van der Waals surface area contributed by atoms with Gasteiger partial charge in [-0.15, -0.1) is 0 Å². The Bertz CT molecular complexity index is 420. The molecule has 1 amide bonds. The Kier molecular flexibility index (Phi) is 7.10. The van der Waals surface area contributed by atoms with Crippen LogP contribution in [0, 0.1) is 0 Å². The van der Waals surface area contributed by atoms with E-state index in [1.165, 1.54) is 0 Å². The molecule has 0 aromatic carbocycles. The number of nitrogens with zero attached hydrogens (tertiary/aromatic N) is 1. The summed E-state index contributed by atoms with van der Waals surface area (Å²) in [6.07, 6.45) is 4.97. The number of aromatic nitrogens is 1. The van der Waals surface area contributed by atoms with Crippen molar-refractivity contribution in [2.45, 2.75) is 19.8 Å². The predicted molar refractivity (Wildman–Crippen MR) is 78.9 cm³/mol. The molecule has 5 nitrogen and oxygen atoms in total. The SMILES string of the molecule is CCCNc1ccc(C(=O)NCCCS(C)=O)cn1. The second-order valence-electron chi connectivity index (χ2n) is 4.25. The maximum atomic E-state index is 11.8. The summed E-state index contributed by atoms with van der Waals surface area (Å²) in [6.45, 7) is 3.49. The minimum atomic E-state index is -0.803. The van der Waals surface area contributed by atoms with Gasteiger partial charge in [-0.05, 0) is 25.0 Å². The lowest BCUT2D eigenvalue weighted by molar-refractivity contribution is 0.0953. The number of amides is 1. The van der Waals surface area contributed by atoms with E-state index in [2.05, 4.69) is 22.5 Å². The smallest absolute Gasteiger partial charge is 0.252 e. The fourth-order valence-corrected chi connectivity index (χ4v) is 2.02. The first-order valence-corrected chi connectivity index (χ1v) is 8.14. The lowest BCUT2D eigenvalue weighted by Gasteiger charge is -2.06. The third-order valence-electron chi connectivity index (χ3n) is 2.48. The molecule has 0 saturated carbocycles. The van der Waals surface area contributed by atoms with E-state index in [0.29, 0.717) is 17.9 Å². The lowest BCUT2D eigenvalue weighted by atomic mass is 10.2. The molecule has 0 aliphatic rings. The summed E-state index contributed by atoms with van der Waals surface area (Å²) >= 11 is 0. The van der Waals surface area contributed by atoms with Gasteiger partial charge in [-0.25, -0.2) is 4.98 Å². The molecular formula is C13H21N3O2S. The minimum Gasteiger partial charge on any atom is -0.370 e. The highest BCUT2D eigenvalue weighted by Gasteiger charge is 2.05. The van der Waals surface area contributed by atoms with Crippen LogP contribution in [0.4, 0.5) is 5.82 Å². The number of nitrogens with one attached hydrogen (secondary N) is 2. The van der Waals surface area contributed by atoms with Crippen molar-refractivity contribution in [3.05, 3.63) is 23.9 Å². The highest BCUT2D eigenvalue weighted by molar-refractivity contribution is 7.84. The van der Waals surface area contributed by atoms with Gasteiger partial charge < -0.3 is 10.6 Å². The van der Waals surface area contributed by atoms with Gasteiger partial charge in [0.05, 0.1) is 5.56 Å². The third-order valence-corrected chi connectivity index (χ3v) is 3.34. The standard InChI is InChI=1S/C13H21N3O2S/c1-3-7-14-12-6-5-11(10-16-12)13(17)15-8-4-9-19(2)18/h5-6,10H,3-4,7-9H2,1-2H3,(H,14,16)(H,15,17). The van der Waals surface area contributed by atoms with Gasteiger partial charge in [-0.1, -0.05) is 6.92 Å². The van der Waals surface area contributed by atoms with Crippen LogP contribution in [0.5, 0.6) is 0 Å². The van der Waals surface area contributed by atoms with Crippen molar-refractivity contribution in [2.75, 3.05) is 30.4 Å². The van der Waals surface area contributed by atoms with E-state index in [9.17, 15) is 9.00 Å². The molecule has 1 heterocycles. The molecule has 0 bridgehead atoms. The van der Waals surface area contributed by atoms with Crippen LogP contribution in [-0.4, -0.2) is 40.2 Å². The van der Waals surface area contributed by atoms with E-state index in [-0.39, 0.29) is 5.91 Å². The molecule has 1 rings (SSSR count). The number of pyridine rings is 1. The van der Waals surface area contributed by atoms with Crippen LogP contribution < -0.4 is 10.6 Å². The summed E-state index contributed by atoms with van der Waals surface area (Å²) in [5.74, 6) is 1.24. The van der Waals surface area contributed by atoms with Crippen LogP contribution in [0.3, 0.4) is 0 Å². The number of hydrogen-bond donors (Lipinski definition) is 2.